The summed E-state index contributed by atoms with van der Waals surface area (Å²) >= 11 is 0. The van der Waals surface area contributed by atoms with E-state index in [4.69, 9.17) is 0 Å². The lowest BCUT2D eigenvalue weighted by Gasteiger charge is -2.34. The van der Waals surface area contributed by atoms with Crippen molar-refractivity contribution in [3.05, 3.63) is 29.6 Å². The molecule has 1 heterocycles. The van der Waals surface area contributed by atoms with E-state index in [-0.39, 0.29) is 17.8 Å². The van der Waals surface area contributed by atoms with E-state index in [0.717, 1.165) is 18.5 Å². The summed E-state index contributed by atoms with van der Waals surface area (Å²) in [5.74, 6) is -0.313. The third-order valence-electron chi connectivity index (χ3n) is 3.58. The number of carbonyl (C=O) groups is 1. The Morgan fingerprint density at radius 1 is 1.50 bits per heavy atom. The molecule has 2 rings (SSSR count). The van der Waals surface area contributed by atoms with Gasteiger partial charge in [-0.15, -0.1) is 0 Å². The molecule has 1 unspecified atom stereocenters. The van der Waals surface area contributed by atoms with Crippen LogP contribution >= 0.6 is 0 Å². The van der Waals surface area contributed by atoms with Gasteiger partial charge in [-0.2, -0.15) is 0 Å². The number of hydrogen-bond acceptors (Lipinski definition) is 3. The number of piperazine rings is 1. The molecule has 0 bridgehead atoms. The predicted molar refractivity (Wildman–Crippen MR) is 78.2 cm³/mol. The first kappa shape index (κ1) is 14.8. The molecule has 2 N–H and O–H groups in total. The van der Waals surface area contributed by atoms with Gasteiger partial charge in [0.05, 0.1) is 5.69 Å². The largest absolute Gasteiger partial charge is 0.356 e. The molecule has 0 aliphatic carbocycles. The second kappa shape index (κ2) is 6.70. The number of nitrogens with zero attached hydrogens (tertiary/aromatic N) is 1. The van der Waals surface area contributed by atoms with Gasteiger partial charge in [-0.25, -0.2) is 4.39 Å². The number of halogens is 1. The van der Waals surface area contributed by atoms with Crippen LogP contribution in [0.15, 0.2) is 18.2 Å². The van der Waals surface area contributed by atoms with Crippen LogP contribution in [-0.4, -0.2) is 31.6 Å². The Balaban J connectivity index is 2.10. The Hall–Kier alpha value is -1.62. The molecule has 1 aromatic rings. The summed E-state index contributed by atoms with van der Waals surface area (Å²) in [7, 11) is 0. The van der Waals surface area contributed by atoms with Crippen LogP contribution in [0.25, 0.3) is 0 Å². The van der Waals surface area contributed by atoms with Gasteiger partial charge < -0.3 is 15.5 Å². The minimum atomic E-state index is -0.331. The summed E-state index contributed by atoms with van der Waals surface area (Å²) in [5, 5.41) is 6.03. The smallest absolute Gasteiger partial charge is 0.242 e. The van der Waals surface area contributed by atoms with Crippen molar-refractivity contribution in [2.45, 2.75) is 32.9 Å². The fraction of sp³-hybridized carbons (Fsp3) is 0.533. The zero-order valence-electron chi connectivity index (χ0n) is 12.1. The maximum absolute atomic E-state index is 14.2. The molecular formula is C15H22FN3O. The molecular weight excluding hydrogens is 257 g/mol. The van der Waals surface area contributed by atoms with Gasteiger partial charge in [0.1, 0.15) is 11.9 Å². The Morgan fingerprint density at radius 2 is 2.30 bits per heavy atom. The molecule has 1 saturated heterocycles. The lowest BCUT2D eigenvalue weighted by molar-refractivity contribution is -0.122. The summed E-state index contributed by atoms with van der Waals surface area (Å²) in [5.41, 5.74) is 1.43. The van der Waals surface area contributed by atoms with E-state index in [1.54, 1.807) is 19.1 Å². The van der Waals surface area contributed by atoms with Gasteiger partial charge in [0.2, 0.25) is 5.91 Å². The van der Waals surface area contributed by atoms with Crippen molar-refractivity contribution >= 4 is 11.6 Å². The van der Waals surface area contributed by atoms with Crippen LogP contribution < -0.4 is 15.5 Å². The van der Waals surface area contributed by atoms with E-state index in [1.165, 1.54) is 0 Å². The van der Waals surface area contributed by atoms with Gasteiger partial charge in [0.15, 0.2) is 0 Å². The van der Waals surface area contributed by atoms with Crippen LogP contribution in [0.4, 0.5) is 10.1 Å². The Kier molecular flexibility index (Phi) is 4.95. The van der Waals surface area contributed by atoms with Crippen LogP contribution in [0.5, 0.6) is 0 Å². The van der Waals surface area contributed by atoms with Crippen LogP contribution in [0.1, 0.15) is 25.8 Å². The van der Waals surface area contributed by atoms with Crippen molar-refractivity contribution in [2.75, 3.05) is 24.5 Å². The molecule has 1 fully saturated rings. The molecule has 110 valence electrons. The lowest BCUT2D eigenvalue weighted by atomic mass is 10.1. The normalized spacial score (nSPS) is 19.1. The van der Waals surface area contributed by atoms with E-state index in [9.17, 15) is 9.18 Å². The van der Waals surface area contributed by atoms with Gasteiger partial charge in [-0.3, -0.25) is 4.79 Å². The molecule has 0 aromatic heterocycles. The zero-order chi connectivity index (χ0) is 14.5. The van der Waals surface area contributed by atoms with Crippen molar-refractivity contribution in [3.63, 3.8) is 0 Å². The number of carbonyl (C=O) groups excluding carboxylic acids is 1. The number of rotatable bonds is 5. The number of hydrogen-bond donors (Lipinski definition) is 2. The average molecular weight is 279 g/mol. The third kappa shape index (κ3) is 3.28. The van der Waals surface area contributed by atoms with Gasteiger partial charge in [-0.05, 0) is 37.6 Å². The summed E-state index contributed by atoms with van der Waals surface area (Å²) in [4.78, 5) is 13.5. The highest BCUT2D eigenvalue weighted by Crippen LogP contribution is 2.23. The minimum absolute atomic E-state index is 0.0515. The number of anilines is 1. The van der Waals surface area contributed by atoms with Crippen LogP contribution in [0.2, 0.25) is 0 Å². The van der Waals surface area contributed by atoms with Crippen LogP contribution in [0.3, 0.4) is 0 Å². The molecule has 20 heavy (non-hydrogen) atoms. The number of benzene rings is 1. The molecule has 4 nitrogen and oxygen atoms in total. The van der Waals surface area contributed by atoms with Crippen LogP contribution in [-0.2, 0) is 11.3 Å². The van der Waals surface area contributed by atoms with Crippen molar-refractivity contribution in [1.82, 2.24) is 10.6 Å². The predicted octanol–water partition coefficient (Wildman–Crippen LogP) is 1.65. The minimum Gasteiger partial charge on any atom is -0.356 e. The monoisotopic (exact) mass is 279 g/mol. The van der Waals surface area contributed by atoms with Crippen molar-refractivity contribution in [2.24, 2.45) is 0 Å². The highest BCUT2D eigenvalue weighted by molar-refractivity contribution is 5.86. The maximum atomic E-state index is 14.2. The Bertz CT molecular complexity index is 478. The van der Waals surface area contributed by atoms with Gasteiger partial charge in [0, 0.05) is 19.6 Å². The van der Waals surface area contributed by atoms with E-state index in [2.05, 4.69) is 17.6 Å². The Morgan fingerprint density at radius 3 is 3.00 bits per heavy atom. The zero-order valence-corrected chi connectivity index (χ0v) is 12.1. The SMILES string of the molecule is CCCNCc1ccc(N2CCNC(=O)C2C)c(F)c1. The first-order chi connectivity index (χ1) is 9.63. The van der Waals surface area contributed by atoms with E-state index in [1.807, 2.05) is 11.0 Å². The Labute approximate surface area is 119 Å². The van der Waals surface area contributed by atoms with E-state index < -0.39 is 0 Å². The highest BCUT2D eigenvalue weighted by Gasteiger charge is 2.27. The number of amides is 1. The highest BCUT2D eigenvalue weighted by atomic mass is 19.1. The molecule has 0 saturated carbocycles. The molecule has 1 aromatic carbocycles. The summed E-state index contributed by atoms with van der Waals surface area (Å²) in [6.07, 6.45) is 1.06. The third-order valence-corrected chi connectivity index (χ3v) is 3.58. The quantitative estimate of drug-likeness (QED) is 0.806. The summed E-state index contributed by atoms with van der Waals surface area (Å²) < 4.78 is 14.2. The van der Waals surface area contributed by atoms with E-state index in [0.29, 0.717) is 25.3 Å². The standard InChI is InChI=1S/C15H22FN3O/c1-3-6-17-10-12-4-5-14(13(16)9-12)19-8-7-18-15(20)11(19)2/h4-5,9,11,17H,3,6-8,10H2,1-2H3,(H,18,20). The first-order valence-electron chi connectivity index (χ1n) is 7.17. The van der Waals surface area contributed by atoms with Crippen molar-refractivity contribution < 1.29 is 9.18 Å². The summed E-state index contributed by atoms with van der Waals surface area (Å²) in [6, 6.07) is 4.91. The fourth-order valence-electron chi connectivity index (χ4n) is 2.41. The van der Waals surface area contributed by atoms with Gasteiger partial charge in [-0.1, -0.05) is 13.0 Å². The molecule has 0 spiro atoms. The van der Waals surface area contributed by atoms with Crippen LogP contribution in [0, 0.1) is 5.82 Å². The average Bonchev–Trinajstić information content (AvgIpc) is 2.43. The van der Waals surface area contributed by atoms with Gasteiger partial charge >= 0.3 is 0 Å². The molecule has 0 radical (unpaired) electrons. The molecule has 1 aliphatic heterocycles. The molecule has 1 amide bonds. The topological polar surface area (TPSA) is 44.4 Å². The van der Waals surface area contributed by atoms with Crippen molar-refractivity contribution in [1.29, 1.82) is 0 Å². The molecule has 1 aliphatic rings. The summed E-state index contributed by atoms with van der Waals surface area (Å²) in [6.45, 7) is 6.68. The second-order valence-corrected chi connectivity index (χ2v) is 5.12. The van der Waals surface area contributed by atoms with Crippen molar-refractivity contribution in [3.8, 4) is 0 Å². The fourth-order valence-corrected chi connectivity index (χ4v) is 2.41. The lowest BCUT2D eigenvalue weighted by Crippen LogP contribution is -2.54. The molecule has 1 atom stereocenters. The number of nitrogens with one attached hydrogen (secondary N) is 2. The second-order valence-electron chi connectivity index (χ2n) is 5.12. The van der Waals surface area contributed by atoms with E-state index >= 15 is 0 Å². The first-order valence-corrected chi connectivity index (χ1v) is 7.17. The molecule has 5 heteroatoms. The maximum Gasteiger partial charge on any atom is 0.242 e. The van der Waals surface area contributed by atoms with Gasteiger partial charge in [0.25, 0.3) is 0 Å².